The van der Waals surface area contributed by atoms with Gasteiger partial charge in [-0.25, -0.2) is 9.67 Å². The number of nitrogens with one attached hydrogen (secondary N) is 2. The van der Waals surface area contributed by atoms with Crippen LogP contribution in [0.4, 0.5) is 0 Å². The van der Waals surface area contributed by atoms with Gasteiger partial charge in [-0.2, -0.15) is 5.10 Å². The van der Waals surface area contributed by atoms with Crippen molar-refractivity contribution >= 4 is 5.96 Å². The minimum absolute atomic E-state index is 0.119. The molecule has 1 aromatic heterocycles. The molecule has 33 heavy (non-hydrogen) atoms. The number of benzene rings is 2. The zero-order chi connectivity index (χ0) is 23.8. The monoisotopic (exact) mass is 449 g/mol. The molecule has 0 saturated carbocycles. The first kappa shape index (κ1) is 24.3. The van der Waals surface area contributed by atoms with Crippen molar-refractivity contribution in [1.29, 1.82) is 0 Å². The van der Waals surface area contributed by atoms with E-state index in [2.05, 4.69) is 17.6 Å². The molecule has 0 aliphatic heterocycles. The lowest BCUT2D eigenvalue weighted by molar-refractivity contribution is 0.180. The van der Waals surface area contributed by atoms with Gasteiger partial charge in [-0.15, -0.1) is 0 Å². The number of hydrogen-bond donors (Lipinski definition) is 3. The van der Waals surface area contributed by atoms with Gasteiger partial charge in [-0.3, -0.25) is 0 Å². The first-order valence-electron chi connectivity index (χ1n) is 11.5. The molecule has 1 heterocycles. The van der Waals surface area contributed by atoms with Crippen LogP contribution < -0.4 is 15.4 Å². The van der Waals surface area contributed by atoms with Crippen molar-refractivity contribution in [3.05, 3.63) is 77.1 Å². The summed E-state index contributed by atoms with van der Waals surface area (Å²) in [6.07, 6.45) is -0.542. The van der Waals surface area contributed by atoms with Crippen LogP contribution in [0.15, 0.2) is 59.6 Å². The van der Waals surface area contributed by atoms with E-state index in [1.807, 2.05) is 87.0 Å². The van der Waals surface area contributed by atoms with E-state index in [1.54, 1.807) is 0 Å². The Morgan fingerprint density at radius 1 is 1.06 bits per heavy atom. The molecule has 3 N–H and O–H groups in total. The summed E-state index contributed by atoms with van der Waals surface area (Å²) in [5, 5.41) is 21.8. The Bertz CT molecular complexity index is 1040. The number of ether oxygens (including phenoxy) is 1. The zero-order valence-electron chi connectivity index (χ0n) is 20.2. The minimum atomic E-state index is -0.661. The highest BCUT2D eigenvalue weighted by Gasteiger charge is 2.13. The van der Waals surface area contributed by atoms with Crippen molar-refractivity contribution in [2.24, 2.45) is 4.99 Å². The largest absolute Gasteiger partial charge is 0.491 e. The fourth-order valence-corrected chi connectivity index (χ4v) is 3.58. The van der Waals surface area contributed by atoms with Gasteiger partial charge in [0.1, 0.15) is 5.75 Å². The van der Waals surface area contributed by atoms with E-state index < -0.39 is 6.10 Å². The van der Waals surface area contributed by atoms with Gasteiger partial charge < -0.3 is 20.5 Å². The van der Waals surface area contributed by atoms with Crippen LogP contribution in [-0.2, 0) is 6.54 Å². The van der Waals surface area contributed by atoms with Crippen molar-refractivity contribution in [3.8, 4) is 11.4 Å². The number of aliphatic hydroxyl groups excluding tert-OH is 1. The third-order valence-corrected chi connectivity index (χ3v) is 5.28. The fourth-order valence-electron chi connectivity index (χ4n) is 3.58. The van der Waals surface area contributed by atoms with Crippen molar-refractivity contribution in [3.63, 3.8) is 0 Å². The molecule has 0 saturated heterocycles. The molecule has 3 rings (SSSR count). The number of guanidine groups is 1. The molecule has 176 valence electrons. The van der Waals surface area contributed by atoms with Gasteiger partial charge in [-0.1, -0.05) is 30.3 Å². The predicted molar refractivity (Wildman–Crippen MR) is 133 cm³/mol. The average Bonchev–Trinajstić information content (AvgIpc) is 3.09. The van der Waals surface area contributed by atoms with E-state index >= 15 is 0 Å². The maximum Gasteiger partial charge on any atom is 0.191 e. The van der Waals surface area contributed by atoms with Crippen LogP contribution in [0.25, 0.3) is 5.69 Å². The molecule has 0 fully saturated rings. The summed E-state index contributed by atoms with van der Waals surface area (Å²) in [6, 6.07) is 17.6. The Kier molecular flexibility index (Phi) is 8.49. The number of hydrogen-bond acceptors (Lipinski definition) is 4. The molecule has 0 bridgehead atoms. The summed E-state index contributed by atoms with van der Waals surface area (Å²) in [4.78, 5) is 4.73. The van der Waals surface area contributed by atoms with Gasteiger partial charge in [-0.05, 0) is 64.4 Å². The predicted octanol–water partition coefficient (Wildman–Crippen LogP) is 4.07. The second-order valence-corrected chi connectivity index (χ2v) is 8.22. The SMILES string of the molecule is CCNC(=NCc1c(C)nn(-c2ccccc2)c1C)NCC(O)c1ccc(OC(C)C)cc1. The molecule has 7 heteroatoms. The maximum absolute atomic E-state index is 10.6. The highest BCUT2D eigenvalue weighted by atomic mass is 16.5. The molecular formula is C26H35N5O2. The number of aromatic nitrogens is 2. The van der Waals surface area contributed by atoms with Crippen LogP contribution in [0.5, 0.6) is 5.75 Å². The van der Waals surface area contributed by atoms with Crippen molar-refractivity contribution in [2.45, 2.75) is 53.4 Å². The maximum atomic E-state index is 10.6. The second-order valence-electron chi connectivity index (χ2n) is 8.22. The van der Waals surface area contributed by atoms with Gasteiger partial charge in [0.05, 0.1) is 30.1 Å². The minimum Gasteiger partial charge on any atom is -0.491 e. The topological polar surface area (TPSA) is 83.7 Å². The van der Waals surface area contributed by atoms with Crippen LogP contribution in [0.2, 0.25) is 0 Å². The third-order valence-electron chi connectivity index (χ3n) is 5.28. The van der Waals surface area contributed by atoms with Crippen molar-refractivity contribution in [1.82, 2.24) is 20.4 Å². The standard InChI is InChI=1S/C26H35N5O2/c1-6-27-26(29-17-25(32)21-12-14-23(15-13-21)33-18(2)3)28-16-24-19(4)30-31(20(24)5)22-10-8-7-9-11-22/h7-15,18,25,32H,6,16-17H2,1-5H3,(H2,27,28,29). The smallest absolute Gasteiger partial charge is 0.191 e. The van der Waals surface area contributed by atoms with Crippen LogP contribution in [0.1, 0.15) is 49.4 Å². The van der Waals surface area contributed by atoms with Gasteiger partial charge in [0.15, 0.2) is 5.96 Å². The first-order valence-corrected chi connectivity index (χ1v) is 11.5. The molecule has 1 atom stereocenters. The Balaban J connectivity index is 1.66. The molecule has 7 nitrogen and oxygen atoms in total. The quantitative estimate of drug-likeness (QED) is 0.339. The van der Waals surface area contributed by atoms with Crippen LogP contribution >= 0.6 is 0 Å². The van der Waals surface area contributed by atoms with Gasteiger partial charge in [0.25, 0.3) is 0 Å². The third kappa shape index (κ3) is 6.58. The Hall–Kier alpha value is -3.32. The number of nitrogens with zero attached hydrogens (tertiary/aromatic N) is 3. The normalized spacial score (nSPS) is 12.6. The molecule has 0 amide bonds. The lowest BCUT2D eigenvalue weighted by Gasteiger charge is -2.16. The van der Waals surface area contributed by atoms with Crippen molar-refractivity contribution < 1.29 is 9.84 Å². The number of para-hydroxylation sites is 1. The average molecular weight is 450 g/mol. The number of aryl methyl sites for hydroxylation is 1. The zero-order valence-corrected chi connectivity index (χ0v) is 20.2. The number of rotatable bonds is 9. The van der Waals surface area contributed by atoms with E-state index in [1.165, 1.54) is 0 Å². The molecule has 1 unspecified atom stereocenters. The first-order chi connectivity index (χ1) is 15.9. The van der Waals surface area contributed by atoms with Gasteiger partial charge in [0, 0.05) is 24.3 Å². The van der Waals surface area contributed by atoms with Gasteiger partial charge >= 0.3 is 0 Å². The van der Waals surface area contributed by atoms with Crippen molar-refractivity contribution in [2.75, 3.05) is 13.1 Å². The molecular weight excluding hydrogens is 414 g/mol. The highest BCUT2D eigenvalue weighted by molar-refractivity contribution is 5.79. The van der Waals surface area contributed by atoms with Crippen LogP contribution in [0.3, 0.4) is 0 Å². The van der Waals surface area contributed by atoms with Gasteiger partial charge in [0.2, 0.25) is 0 Å². The van der Waals surface area contributed by atoms with E-state index in [9.17, 15) is 5.11 Å². The van der Waals surface area contributed by atoms with E-state index in [4.69, 9.17) is 14.8 Å². The molecule has 0 aliphatic carbocycles. The van der Waals surface area contributed by atoms with Crippen LogP contribution in [-0.4, -0.2) is 40.0 Å². The number of aliphatic hydroxyl groups is 1. The summed E-state index contributed by atoms with van der Waals surface area (Å²) in [5.74, 6) is 1.45. The molecule has 2 aromatic carbocycles. The lowest BCUT2D eigenvalue weighted by Crippen LogP contribution is -2.39. The Labute approximate surface area is 196 Å². The molecule has 0 radical (unpaired) electrons. The fraction of sp³-hybridized carbons (Fsp3) is 0.385. The summed E-state index contributed by atoms with van der Waals surface area (Å²) in [7, 11) is 0. The Morgan fingerprint density at radius 2 is 1.76 bits per heavy atom. The summed E-state index contributed by atoms with van der Waals surface area (Å²) >= 11 is 0. The molecule has 0 aliphatic rings. The summed E-state index contributed by atoms with van der Waals surface area (Å²) < 4.78 is 7.62. The van der Waals surface area contributed by atoms with E-state index in [-0.39, 0.29) is 6.10 Å². The molecule has 0 spiro atoms. The number of aliphatic imine (C=N–C) groups is 1. The molecule has 3 aromatic rings. The van der Waals surface area contributed by atoms with Crippen LogP contribution in [0, 0.1) is 13.8 Å². The highest BCUT2D eigenvalue weighted by Crippen LogP contribution is 2.20. The summed E-state index contributed by atoms with van der Waals surface area (Å²) in [6.45, 7) is 11.6. The van der Waals surface area contributed by atoms with E-state index in [0.29, 0.717) is 19.0 Å². The second kappa shape index (κ2) is 11.5. The summed E-state index contributed by atoms with van der Waals surface area (Å²) in [5.41, 5.74) is 4.98. The van der Waals surface area contributed by atoms with E-state index in [0.717, 1.165) is 40.5 Å². The Morgan fingerprint density at radius 3 is 2.39 bits per heavy atom. The lowest BCUT2D eigenvalue weighted by atomic mass is 10.1.